The number of amides is 3. The van der Waals surface area contributed by atoms with Crippen LogP contribution < -0.4 is 14.8 Å². The van der Waals surface area contributed by atoms with Crippen molar-refractivity contribution >= 4 is 22.0 Å². The molecule has 1 aromatic heterocycles. The summed E-state index contributed by atoms with van der Waals surface area (Å²) < 4.78 is 72.9. The van der Waals surface area contributed by atoms with Crippen molar-refractivity contribution in [2.75, 3.05) is 25.4 Å². The number of nitrogens with one attached hydrogen (secondary N) is 2. The Labute approximate surface area is 171 Å². The maximum Gasteiger partial charge on any atom is 0.422 e. The number of halogens is 3. The Kier molecular flexibility index (Phi) is 7.69. The Morgan fingerprint density at radius 1 is 1.30 bits per heavy atom. The van der Waals surface area contributed by atoms with Gasteiger partial charge in [-0.2, -0.15) is 13.2 Å². The summed E-state index contributed by atoms with van der Waals surface area (Å²) in [7, 11) is -3.69. The maximum atomic E-state index is 12.2. The first-order valence-corrected chi connectivity index (χ1v) is 10.8. The molecule has 2 heterocycles. The second kappa shape index (κ2) is 9.64. The minimum Gasteiger partial charge on any atom is -0.454 e. The van der Waals surface area contributed by atoms with Crippen LogP contribution in [0.15, 0.2) is 4.52 Å². The lowest BCUT2D eigenvalue weighted by Crippen LogP contribution is -2.30. The highest BCUT2D eigenvalue weighted by atomic mass is 32.2. The Bertz CT molecular complexity index is 871. The largest absolute Gasteiger partial charge is 0.454 e. The van der Waals surface area contributed by atoms with Crippen LogP contribution in [0.2, 0.25) is 0 Å². The van der Waals surface area contributed by atoms with Gasteiger partial charge in [-0.1, -0.05) is 11.6 Å². The molecule has 1 atom stereocenters. The number of carbonyl (C=O) groups excluding carboxylic acids is 2. The Morgan fingerprint density at radius 2 is 2.00 bits per heavy atom. The van der Waals surface area contributed by atoms with Crippen LogP contribution in [0.1, 0.15) is 43.5 Å². The molecule has 1 saturated heterocycles. The number of carbonyl (C=O) groups is 2. The fourth-order valence-electron chi connectivity index (χ4n) is 2.84. The molecule has 3 amide bonds. The van der Waals surface area contributed by atoms with E-state index in [9.17, 15) is 31.2 Å². The van der Waals surface area contributed by atoms with Crippen LogP contribution in [0.25, 0.3) is 0 Å². The third-order valence-electron chi connectivity index (χ3n) is 4.26. The highest BCUT2D eigenvalue weighted by molar-refractivity contribution is 7.89. The summed E-state index contributed by atoms with van der Waals surface area (Å²) in [6, 6.07) is -1.29. The van der Waals surface area contributed by atoms with Crippen molar-refractivity contribution in [3.63, 3.8) is 0 Å². The molecule has 2 N–H and O–H groups in total. The lowest BCUT2D eigenvalue weighted by atomic mass is 10.2. The van der Waals surface area contributed by atoms with Gasteiger partial charge in [0.15, 0.2) is 6.61 Å². The number of alkyl halides is 3. The van der Waals surface area contributed by atoms with Gasteiger partial charge in [-0.05, 0) is 26.7 Å². The minimum absolute atomic E-state index is 0.00191. The number of unbranched alkanes of at least 4 members (excludes halogenated alkanes) is 2. The number of hydrogen-bond donors (Lipinski definition) is 2. The van der Waals surface area contributed by atoms with Crippen LogP contribution in [0, 0.1) is 6.92 Å². The summed E-state index contributed by atoms with van der Waals surface area (Å²) in [6.07, 6.45) is -3.16. The molecule has 10 nitrogen and oxygen atoms in total. The van der Waals surface area contributed by atoms with Gasteiger partial charge < -0.3 is 14.2 Å². The smallest absolute Gasteiger partial charge is 0.422 e. The topological polar surface area (TPSA) is 131 Å². The van der Waals surface area contributed by atoms with Crippen molar-refractivity contribution in [2.24, 2.45) is 0 Å². The van der Waals surface area contributed by atoms with E-state index in [1.54, 1.807) is 0 Å². The molecule has 1 fully saturated rings. The first-order chi connectivity index (χ1) is 13.9. The quantitative estimate of drug-likeness (QED) is 0.382. The fraction of sp³-hybridized carbons (Fsp3) is 0.688. The van der Waals surface area contributed by atoms with E-state index >= 15 is 0 Å². The zero-order valence-corrected chi connectivity index (χ0v) is 17.2. The van der Waals surface area contributed by atoms with Gasteiger partial charge in [-0.15, -0.1) is 0 Å². The SMILES string of the molecule is Cc1c(C(C)NS(=O)(=O)CCCCCN2CC(=O)NC2=O)noc1OCC(F)(F)F. The van der Waals surface area contributed by atoms with Crippen molar-refractivity contribution in [3.8, 4) is 5.95 Å². The highest BCUT2D eigenvalue weighted by Gasteiger charge is 2.31. The lowest BCUT2D eigenvalue weighted by Gasteiger charge is -2.14. The van der Waals surface area contributed by atoms with Gasteiger partial charge in [0.05, 0.1) is 17.4 Å². The third kappa shape index (κ3) is 7.16. The molecular formula is C16H23F3N4O6S. The predicted octanol–water partition coefficient (Wildman–Crippen LogP) is 1.63. The molecule has 0 bridgehead atoms. The zero-order chi connectivity index (χ0) is 22.5. The zero-order valence-electron chi connectivity index (χ0n) is 16.4. The summed E-state index contributed by atoms with van der Waals surface area (Å²) in [5, 5.41) is 5.76. The number of imide groups is 1. The van der Waals surface area contributed by atoms with Crippen LogP contribution >= 0.6 is 0 Å². The number of hydrogen-bond acceptors (Lipinski definition) is 7. The number of ether oxygens (including phenoxy) is 1. The summed E-state index contributed by atoms with van der Waals surface area (Å²) >= 11 is 0. The minimum atomic E-state index is -4.54. The molecule has 2 rings (SSSR count). The van der Waals surface area contributed by atoms with Crippen molar-refractivity contribution in [3.05, 3.63) is 11.3 Å². The van der Waals surface area contributed by atoms with E-state index in [1.165, 1.54) is 18.7 Å². The van der Waals surface area contributed by atoms with Gasteiger partial charge in [0.1, 0.15) is 12.2 Å². The van der Waals surface area contributed by atoms with Crippen molar-refractivity contribution in [1.82, 2.24) is 20.1 Å². The fourth-order valence-corrected chi connectivity index (χ4v) is 4.19. The van der Waals surface area contributed by atoms with E-state index in [-0.39, 0.29) is 29.5 Å². The second-order valence-corrected chi connectivity index (χ2v) is 8.75. The van der Waals surface area contributed by atoms with E-state index < -0.39 is 40.8 Å². The van der Waals surface area contributed by atoms with Crippen LogP contribution in [0.4, 0.5) is 18.0 Å². The number of urea groups is 1. The van der Waals surface area contributed by atoms with Crippen LogP contribution in [0.5, 0.6) is 5.95 Å². The van der Waals surface area contributed by atoms with Gasteiger partial charge in [0, 0.05) is 6.54 Å². The molecule has 170 valence electrons. The second-order valence-electron chi connectivity index (χ2n) is 6.88. The van der Waals surface area contributed by atoms with E-state index in [4.69, 9.17) is 4.52 Å². The van der Waals surface area contributed by atoms with E-state index in [2.05, 4.69) is 19.9 Å². The average Bonchev–Trinajstić information content (AvgIpc) is 3.13. The lowest BCUT2D eigenvalue weighted by molar-refractivity contribution is -0.156. The van der Waals surface area contributed by atoms with Crippen LogP contribution in [0.3, 0.4) is 0 Å². The molecule has 1 unspecified atom stereocenters. The van der Waals surface area contributed by atoms with Crippen molar-refractivity contribution < 1.29 is 40.4 Å². The van der Waals surface area contributed by atoms with E-state index in [0.29, 0.717) is 25.8 Å². The Morgan fingerprint density at radius 3 is 2.60 bits per heavy atom. The number of rotatable bonds is 11. The molecule has 1 aliphatic rings. The first-order valence-electron chi connectivity index (χ1n) is 9.12. The molecule has 1 aliphatic heterocycles. The molecule has 0 saturated carbocycles. The molecule has 0 spiro atoms. The first kappa shape index (κ1) is 23.9. The van der Waals surface area contributed by atoms with Crippen molar-refractivity contribution in [2.45, 2.75) is 45.3 Å². The molecule has 0 aliphatic carbocycles. The maximum absolute atomic E-state index is 12.2. The molecule has 0 radical (unpaired) electrons. The highest BCUT2D eigenvalue weighted by Crippen LogP contribution is 2.27. The normalized spacial score (nSPS) is 16.1. The summed E-state index contributed by atoms with van der Waals surface area (Å²) in [5.74, 6) is -0.967. The third-order valence-corrected chi connectivity index (χ3v) is 5.80. The Hall–Kier alpha value is -2.35. The number of sulfonamides is 1. The monoisotopic (exact) mass is 456 g/mol. The van der Waals surface area contributed by atoms with Crippen LogP contribution in [-0.2, 0) is 14.8 Å². The standard InChI is InChI=1S/C16H23F3N4O6S/c1-10-13(21-29-14(10)28-9-16(17,18)19)11(2)22-30(26,27)7-5-3-4-6-23-8-12(24)20-15(23)25/h11,22H,3-9H2,1-2H3,(H,20,24,25). The average molecular weight is 456 g/mol. The van der Waals surface area contributed by atoms with Gasteiger partial charge in [-0.25, -0.2) is 17.9 Å². The summed E-state index contributed by atoms with van der Waals surface area (Å²) in [6.45, 7) is 1.71. The molecular weight excluding hydrogens is 433 g/mol. The molecule has 1 aromatic rings. The van der Waals surface area contributed by atoms with Gasteiger partial charge >= 0.3 is 18.2 Å². The van der Waals surface area contributed by atoms with E-state index in [1.807, 2.05) is 0 Å². The van der Waals surface area contributed by atoms with Crippen molar-refractivity contribution in [1.29, 1.82) is 0 Å². The van der Waals surface area contributed by atoms with Gasteiger partial charge in [0.2, 0.25) is 15.9 Å². The molecule has 30 heavy (non-hydrogen) atoms. The summed E-state index contributed by atoms with van der Waals surface area (Å²) in [5.41, 5.74) is 0.299. The van der Waals surface area contributed by atoms with E-state index in [0.717, 1.165) is 0 Å². The molecule has 0 aromatic carbocycles. The van der Waals surface area contributed by atoms with Crippen LogP contribution in [-0.4, -0.2) is 62.0 Å². The molecule has 14 heteroatoms. The number of nitrogens with zero attached hydrogens (tertiary/aromatic N) is 2. The number of aromatic nitrogens is 1. The Balaban J connectivity index is 1.77. The van der Waals surface area contributed by atoms with Gasteiger partial charge in [-0.3, -0.25) is 10.1 Å². The predicted molar refractivity (Wildman–Crippen MR) is 97.1 cm³/mol. The van der Waals surface area contributed by atoms with Gasteiger partial charge in [0.25, 0.3) is 0 Å². The summed E-state index contributed by atoms with van der Waals surface area (Å²) in [4.78, 5) is 23.8.